The van der Waals surface area contributed by atoms with E-state index in [0.717, 1.165) is 19.3 Å². The van der Waals surface area contributed by atoms with Gasteiger partial charge in [-0.15, -0.1) is 0 Å². The Morgan fingerprint density at radius 2 is 2.21 bits per heavy atom. The first kappa shape index (κ1) is 10.4. The molecule has 2 heterocycles. The summed E-state index contributed by atoms with van der Waals surface area (Å²) < 4.78 is 5.48. The standard InChI is InChI=1S/C11H22N2O/c1-9-8-14-6-4-11(9)13-5-3-10(7-13)12-2/h9-12H,3-8H2,1-2H3. The fourth-order valence-electron chi connectivity index (χ4n) is 2.74. The molecule has 2 fully saturated rings. The number of likely N-dealkylation sites (tertiary alicyclic amines) is 1. The molecule has 2 aliphatic rings. The van der Waals surface area contributed by atoms with E-state index in [9.17, 15) is 0 Å². The minimum atomic E-state index is 0.708. The first-order valence-electron chi connectivity index (χ1n) is 5.80. The maximum atomic E-state index is 5.48. The average Bonchev–Trinajstić information content (AvgIpc) is 2.67. The van der Waals surface area contributed by atoms with E-state index in [0.29, 0.717) is 12.0 Å². The van der Waals surface area contributed by atoms with Gasteiger partial charge in [0.05, 0.1) is 6.61 Å². The normalized spacial score (nSPS) is 40.3. The largest absolute Gasteiger partial charge is 0.381 e. The predicted octanol–water partition coefficient (Wildman–Crippen LogP) is 0.705. The molecule has 0 radical (unpaired) electrons. The lowest BCUT2D eigenvalue weighted by atomic mass is 9.96. The molecule has 0 aromatic carbocycles. The number of hydrogen-bond acceptors (Lipinski definition) is 3. The van der Waals surface area contributed by atoms with Gasteiger partial charge in [-0.2, -0.15) is 0 Å². The van der Waals surface area contributed by atoms with Crippen molar-refractivity contribution < 1.29 is 4.74 Å². The van der Waals surface area contributed by atoms with E-state index in [4.69, 9.17) is 4.74 Å². The summed E-state index contributed by atoms with van der Waals surface area (Å²) in [6, 6.07) is 1.48. The maximum absolute atomic E-state index is 5.48. The quantitative estimate of drug-likeness (QED) is 0.707. The summed E-state index contributed by atoms with van der Waals surface area (Å²) in [5.41, 5.74) is 0. The lowest BCUT2D eigenvalue weighted by Crippen LogP contribution is -2.44. The Morgan fingerprint density at radius 3 is 2.86 bits per heavy atom. The zero-order chi connectivity index (χ0) is 9.97. The van der Waals surface area contributed by atoms with Gasteiger partial charge in [0.1, 0.15) is 0 Å². The molecular formula is C11H22N2O. The molecule has 3 unspecified atom stereocenters. The van der Waals surface area contributed by atoms with Crippen LogP contribution >= 0.6 is 0 Å². The molecule has 3 nitrogen and oxygen atoms in total. The zero-order valence-corrected chi connectivity index (χ0v) is 9.33. The van der Waals surface area contributed by atoms with Gasteiger partial charge in [-0.3, -0.25) is 4.90 Å². The van der Waals surface area contributed by atoms with Gasteiger partial charge < -0.3 is 10.1 Å². The van der Waals surface area contributed by atoms with Crippen LogP contribution in [0.4, 0.5) is 0 Å². The third-order valence-corrected chi connectivity index (χ3v) is 3.69. The van der Waals surface area contributed by atoms with E-state index < -0.39 is 0 Å². The van der Waals surface area contributed by atoms with Crippen LogP contribution in [0.25, 0.3) is 0 Å². The number of nitrogens with zero attached hydrogens (tertiary/aromatic N) is 1. The molecule has 2 rings (SSSR count). The van der Waals surface area contributed by atoms with Crippen LogP contribution in [0.5, 0.6) is 0 Å². The van der Waals surface area contributed by atoms with E-state index >= 15 is 0 Å². The van der Waals surface area contributed by atoms with Crippen LogP contribution < -0.4 is 5.32 Å². The van der Waals surface area contributed by atoms with Crippen molar-refractivity contribution in [1.29, 1.82) is 0 Å². The van der Waals surface area contributed by atoms with Gasteiger partial charge in [-0.25, -0.2) is 0 Å². The molecule has 3 heteroatoms. The second-order valence-electron chi connectivity index (χ2n) is 4.68. The summed E-state index contributed by atoms with van der Waals surface area (Å²) in [6.45, 7) is 6.71. The Bertz CT molecular complexity index is 186. The molecule has 0 spiro atoms. The van der Waals surface area contributed by atoms with Crippen LogP contribution in [-0.2, 0) is 4.74 Å². The summed E-state index contributed by atoms with van der Waals surface area (Å²) in [5.74, 6) is 0.708. The van der Waals surface area contributed by atoms with E-state index in [1.807, 2.05) is 0 Å². The summed E-state index contributed by atoms with van der Waals surface area (Å²) in [4.78, 5) is 2.65. The van der Waals surface area contributed by atoms with Crippen LogP contribution in [0.2, 0.25) is 0 Å². The van der Waals surface area contributed by atoms with Gasteiger partial charge in [-0.05, 0) is 25.8 Å². The third-order valence-electron chi connectivity index (χ3n) is 3.69. The lowest BCUT2D eigenvalue weighted by Gasteiger charge is -2.36. The number of ether oxygens (including phenoxy) is 1. The van der Waals surface area contributed by atoms with Crippen LogP contribution in [-0.4, -0.2) is 50.3 Å². The number of hydrogen-bond donors (Lipinski definition) is 1. The Balaban J connectivity index is 1.88. The van der Waals surface area contributed by atoms with E-state index in [1.54, 1.807) is 0 Å². The fourth-order valence-corrected chi connectivity index (χ4v) is 2.74. The third kappa shape index (κ3) is 2.10. The Labute approximate surface area is 86.8 Å². The smallest absolute Gasteiger partial charge is 0.0506 e. The highest BCUT2D eigenvalue weighted by molar-refractivity contribution is 4.88. The SMILES string of the molecule is CNC1CCN(C2CCOCC2C)C1. The van der Waals surface area contributed by atoms with Crippen molar-refractivity contribution in [2.45, 2.75) is 31.8 Å². The molecule has 0 aromatic heterocycles. The van der Waals surface area contributed by atoms with Crippen molar-refractivity contribution in [2.24, 2.45) is 5.92 Å². The monoisotopic (exact) mass is 198 g/mol. The molecule has 3 atom stereocenters. The molecule has 0 aliphatic carbocycles. The molecule has 14 heavy (non-hydrogen) atoms. The minimum Gasteiger partial charge on any atom is -0.381 e. The first-order chi connectivity index (χ1) is 6.81. The topological polar surface area (TPSA) is 24.5 Å². The summed E-state index contributed by atoms with van der Waals surface area (Å²) in [5, 5.41) is 3.37. The molecule has 0 amide bonds. The second-order valence-corrected chi connectivity index (χ2v) is 4.68. The van der Waals surface area contributed by atoms with Crippen molar-refractivity contribution in [3.05, 3.63) is 0 Å². The summed E-state index contributed by atoms with van der Waals surface area (Å²) in [6.07, 6.45) is 2.53. The van der Waals surface area contributed by atoms with Gasteiger partial charge in [0, 0.05) is 31.8 Å². The minimum absolute atomic E-state index is 0.708. The molecule has 82 valence electrons. The van der Waals surface area contributed by atoms with E-state index in [1.165, 1.54) is 25.9 Å². The van der Waals surface area contributed by atoms with Gasteiger partial charge in [-0.1, -0.05) is 6.92 Å². The highest BCUT2D eigenvalue weighted by Gasteiger charge is 2.32. The average molecular weight is 198 g/mol. The maximum Gasteiger partial charge on any atom is 0.0506 e. The second kappa shape index (κ2) is 4.60. The highest BCUT2D eigenvalue weighted by Crippen LogP contribution is 2.23. The number of nitrogens with one attached hydrogen (secondary N) is 1. The van der Waals surface area contributed by atoms with Gasteiger partial charge in [0.15, 0.2) is 0 Å². The van der Waals surface area contributed by atoms with E-state index in [2.05, 4.69) is 24.2 Å². The van der Waals surface area contributed by atoms with E-state index in [-0.39, 0.29) is 0 Å². The lowest BCUT2D eigenvalue weighted by molar-refractivity contribution is 0.000966. The van der Waals surface area contributed by atoms with Crippen molar-refractivity contribution in [3.63, 3.8) is 0 Å². The van der Waals surface area contributed by atoms with Crippen LogP contribution in [0.15, 0.2) is 0 Å². The van der Waals surface area contributed by atoms with Gasteiger partial charge >= 0.3 is 0 Å². The van der Waals surface area contributed by atoms with Gasteiger partial charge in [0.2, 0.25) is 0 Å². The summed E-state index contributed by atoms with van der Waals surface area (Å²) >= 11 is 0. The van der Waals surface area contributed by atoms with Crippen molar-refractivity contribution >= 4 is 0 Å². The number of rotatable bonds is 2. The van der Waals surface area contributed by atoms with Crippen LogP contribution in [0.3, 0.4) is 0 Å². The number of likely N-dealkylation sites (N-methyl/N-ethyl adjacent to an activating group) is 1. The fraction of sp³-hybridized carbons (Fsp3) is 1.00. The highest BCUT2D eigenvalue weighted by atomic mass is 16.5. The van der Waals surface area contributed by atoms with Crippen LogP contribution in [0, 0.1) is 5.92 Å². The van der Waals surface area contributed by atoms with Crippen LogP contribution in [0.1, 0.15) is 19.8 Å². The Hall–Kier alpha value is -0.120. The molecule has 0 bridgehead atoms. The van der Waals surface area contributed by atoms with Gasteiger partial charge in [0.25, 0.3) is 0 Å². The summed E-state index contributed by atoms with van der Waals surface area (Å²) in [7, 11) is 2.07. The Kier molecular flexibility index (Phi) is 3.42. The first-order valence-corrected chi connectivity index (χ1v) is 5.80. The molecule has 0 saturated carbocycles. The van der Waals surface area contributed by atoms with Crippen molar-refractivity contribution in [3.8, 4) is 0 Å². The molecule has 1 N–H and O–H groups in total. The Morgan fingerprint density at radius 1 is 1.36 bits per heavy atom. The molecule has 2 aliphatic heterocycles. The predicted molar refractivity (Wildman–Crippen MR) is 57.4 cm³/mol. The molecular weight excluding hydrogens is 176 g/mol. The zero-order valence-electron chi connectivity index (χ0n) is 9.33. The molecule has 0 aromatic rings. The molecule has 2 saturated heterocycles. The van der Waals surface area contributed by atoms with Crippen molar-refractivity contribution in [1.82, 2.24) is 10.2 Å². The van der Waals surface area contributed by atoms with Crippen molar-refractivity contribution in [2.75, 3.05) is 33.4 Å².